The summed E-state index contributed by atoms with van der Waals surface area (Å²) >= 11 is 0. The van der Waals surface area contributed by atoms with Crippen LogP contribution in [0.25, 0.3) is 0 Å². The Balaban J connectivity index is 1.66. The highest BCUT2D eigenvalue weighted by Crippen LogP contribution is 2.43. The van der Waals surface area contributed by atoms with Gasteiger partial charge < -0.3 is 19.3 Å². The average molecular weight is 557 g/mol. The number of aromatic hydroxyl groups is 1. The molecule has 3 aliphatic carbocycles. The van der Waals surface area contributed by atoms with Crippen molar-refractivity contribution in [3.8, 4) is 5.75 Å². The molecule has 3 saturated carbocycles. The predicted molar refractivity (Wildman–Crippen MR) is 165 cm³/mol. The Bertz CT molecular complexity index is 1000. The fourth-order valence-corrected chi connectivity index (χ4v) is 8.41. The first-order valence-corrected chi connectivity index (χ1v) is 16.4. The maximum atomic E-state index is 11.4. The van der Waals surface area contributed by atoms with Gasteiger partial charge in [0.2, 0.25) is 0 Å². The van der Waals surface area contributed by atoms with Crippen LogP contribution in [0.4, 0.5) is 0 Å². The van der Waals surface area contributed by atoms with Gasteiger partial charge in [0, 0.05) is 24.8 Å². The Morgan fingerprint density at radius 1 is 0.550 bits per heavy atom. The Hall–Kier alpha value is -1.10. The molecule has 0 aliphatic heterocycles. The van der Waals surface area contributed by atoms with E-state index >= 15 is 0 Å². The second kappa shape index (κ2) is 11.5. The van der Waals surface area contributed by atoms with Gasteiger partial charge in [0.05, 0.1) is 33.6 Å². The second-order valence-corrected chi connectivity index (χ2v) is 16.3. The molecule has 0 amide bonds. The van der Waals surface area contributed by atoms with E-state index in [4.69, 9.17) is 14.2 Å². The molecule has 4 rings (SSSR count). The van der Waals surface area contributed by atoms with Crippen molar-refractivity contribution >= 4 is 0 Å². The number of benzene rings is 1. The summed E-state index contributed by atoms with van der Waals surface area (Å²) in [7, 11) is 0. The highest BCUT2D eigenvalue weighted by atomic mass is 16.5. The van der Waals surface area contributed by atoms with Crippen LogP contribution in [0, 0.1) is 0 Å². The molecule has 1 N–H and O–H groups in total. The minimum atomic E-state index is -0.393. The summed E-state index contributed by atoms with van der Waals surface area (Å²) in [6.45, 7) is 20.2. The molecule has 1 aromatic carbocycles. The molecule has 0 spiro atoms. The first-order valence-electron chi connectivity index (χ1n) is 16.4. The number of hydrogen-bond acceptors (Lipinski definition) is 4. The lowest BCUT2D eigenvalue weighted by Gasteiger charge is -2.40. The fraction of sp³-hybridized carbons (Fsp3) is 0.833. The van der Waals surface area contributed by atoms with Crippen LogP contribution in [-0.4, -0.2) is 38.7 Å². The van der Waals surface area contributed by atoms with Crippen LogP contribution < -0.4 is 0 Å². The van der Waals surface area contributed by atoms with Gasteiger partial charge in [-0.25, -0.2) is 0 Å². The van der Waals surface area contributed by atoms with Crippen molar-refractivity contribution in [2.75, 3.05) is 0 Å². The van der Waals surface area contributed by atoms with Crippen LogP contribution in [0.2, 0.25) is 0 Å². The number of phenols is 1. The third-order valence-corrected chi connectivity index (χ3v) is 9.88. The van der Waals surface area contributed by atoms with E-state index in [-0.39, 0.29) is 28.0 Å². The van der Waals surface area contributed by atoms with Crippen LogP contribution in [0.15, 0.2) is 12.1 Å². The van der Waals surface area contributed by atoms with E-state index in [9.17, 15) is 5.11 Å². The van der Waals surface area contributed by atoms with E-state index < -0.39 is 5.60 Å². The van der Waals surface area contributed by atoms with Gasteiger partial charge in [-0.15, -0.1) is 0 Å². The van der Waals surface area contributed by atoms with E-state index in [0.717, 1.165) is 56.9 Å². The monoisotopic (exact) mass is 556 g/mol. The third kappa shape index (κ3) is 8.26. The summed E-state index contributed by atoms with van der Waals surface area (Å²) < 4.78 is 20.6. The van der Waals surface area contributed by atoms with E-state index in [2.05, 4.69) is 68.4 Å². The Labute approximate surface area is 245 Å². The molecule has 3 aliphatic rings. The molecule has 0 aromatic heterocycles. The van der Waals surface area contributed by atoms with Crippen molar-refractivity contribution in [3.63, 3.8) is 0 Å². The Morgan fingerprint density at radius 3 is 1.25 bits per heavy atom. The predicted octanol–water partition coefficient (Wildman–Crippen LogP) is 9.40. The first-order chi connectivity index (χ1) is 18.4. The van der Waals surface area contributed by atoms with E-state index in [1.807, 2.05) is 6.07 Å². The van der Waals surface area contributed by atoms with Crippen LogP contribution >= 0.6 is 0 Å². The first kappa shape index (κ1) is 31.8. The molecular formula is C36H60O4. The van der Waals surface area contributed by atoms with Gasteiger partial charge in [-0.3, -0.25) is 0 Å². The highest BCUT2D eigenvalue weighted by Gasteiger charge is 2.40. The lowest BCUT2D eigenvalue weighted by Crippen LogP contribution is -2.41. The van der Waals surface area contributed by atoms with Crippen LogP contribution in [0.3, 0.4) is 0 Å². The maximum Gasteiger partial charge on any atom is 0.119 e. The lowest BCUT2D eigenvalue weighted by molar-refractivity contribution is -0.131. The summed E-state index contributed by atoms with van der Waals surface area (Å²) in [5.74, 6) is 0.372. The molecular weight excluding hydrogens is 496 g/mol. The van der Waals surface area contributed by atoms with Crippen LogP contribution in [0.5, 0.6) is 5.75 Å². The number of hydrogen-bond donors (Lipinski definition) is 1. The summed E-state index contributed by atoms with van der Waals surface area (Å²) in [6.07, 6.45) is 16.4. The third-order valence-electron chi connectivity index (χ3n) is 9.88. The normalized spacial score (nSPS) is 22.7. The van der Waals surface area contributed by atoms with Gasteiger partial charge in [-0.05, 0) is 118 Å². The summed E-state index contributed by atoms with van der Waals surface area (Å²) in [5.41, 5.74) is 2.23. The van der Waals surface area contributed by atoms with Crippen molar-refractivity contribution in [1.29, 1.82) is 0 Å². The molecule has 0 unspecified atom stereocenters. The Kier molecular flexibility index (Phi) is 9.17. The van der Waals surface area contributed by atoms with Crippen molar-refractivity contribution in [1.82, 2.24) is 0 Å². The molecule has 0 bridgehead atoms. The zero-order valence-electron chi connectivity index (χ0n) is 27.4. The standard InChI is InChI=1S/C36H60O4/c1-31(2,38-34(7)18-10-11-19-34)24-27-16-17-30(37)29(26-33(5,6)40-36(9)22-14-15-23-36)28(27)25-32(3,4)39-35(8)20-12-13-21-35/h16-17,37H,10-15,18-26H2,1-9H3. The van der Waals surface area contributed by atoms with Gasteiger partial charge in [0.25, 0.3) is 0 Å². The van der Waals surface area contributed by atoms with Crippen molar-refractivity contribution in [2.45, 2.75) is 192 Å². The van der Waals surface area contributed by atoms with E-state index in [0.29, 0.717) is 12.2 Å². The lowest BCUT2D eigenvalue weighted by atomic mass is 9.82. The Morgan fingerprint density at radius 2 is 0.875 bits per heavy atom. The molecule has 1 aromatic rings. The van der Waals surface area contributed by atoms with Crippen molar-refractivity contribution in [3.05, 3.63) is 28.8 Å². The average Bonchev–Trinajstić information content (AvgIpc) is 3.53. The topological polar surface area (TPSA) is 47.9 Å². The number of phenolic OH excluding ortho intramolecular Hbond substituents is 1. The minimum Gasteiger partial charge on any atom is -0.508 e. The minimum absolute atomic E-state index is 0.0462. The summed E-state index contributed by atoms with van der Waals surface area (Å²) in [5, 5.41) is 11.4. The van der Waals surface area contributed by atoms with Gasteiger partial charge in [-0.1, -0.05) is 44.6 Å². The molecule has 0 heterocycles. The smallest absolute Gasteiger partial charge is 0.119 e. The molecule has 3 fully saturated rings. The maximum absolute atomic E-state index is 11.4. The SMILES string of the molecule is CC(C)(Cc1ccc(O)c(CC(C)(C)OC2(C)CCCC2)c1CC(C)(C)OC1(C)CCCC1)OC1(C)CCCC1. The molecule has 0 saturated heterocycles. The molecule has 0 radical (unpaired) electrons. The second-order valence-electron chi connectivity index (χ2n) is 16.3. The van der Waals surface area contributed by atoms with Gasteiger partial charge in [0.1, 0.15) is 5.75 Å². The molecule has 4 nitrogen and oxygen atoms in total. The van der Waals surface area contributed by atoms with Gasteiger partial charge in [-0.2, -0.15) is 0 Å². The van der Waals surface area contributed by atoms with Gasteiger partial charge in [0.15, 0.2) is 0 Å². The van der Waals surface area contributed by atoms with E-state index in [1.165, 1.54) is 49.7 Å². The quantitative estimate of drug-likeness (QED) is 0.279. The summed E-state index contributed by atoms with van der Waals surface area (Å²) in [6, 6.07) is 4.04. The molecule has 40 heavy (non-hydrogen) atoms. The summed E-state index contributed by atoms with van der Waals surface area (Å²) in [4.78, 5) is 0. The van der Waals surface area contributed by atoms with Crippen molar-refractivity contribution < 1.29 is 19.3 Å². The molecule has 228 valence electrons. The van der Waals surface area contributed by atoms with Crippen LogP contribution in [0.1, 0.15) is 156 Å². The molecule has 4 heteroatoms. The fourth-order valence-electron chi connectivity index (χ4n) is 8.41. The molecule has 0 atom stereocenters. The highest BCUT2D eigenvalue weighted by molar-refractivity contribution is 5.46. The largest absolute Gasteiger partial charge is 0.508 e. The zero-order chi connectivity index (χ0) is 29.5. The number of ether oxygens (including phenoxy) is 3. The van der Waals surface area contributed by atoms with Gasteiger partial charge >= 0.3 is 0 Å². The van der Waals surface area contributed by atoms with Crippen LogP contribution in [-0.2, 0) is 33.5 Å². The number of rotatable bonds is 12. The van der Waals surface area contributed by atoms with Crippen molar-refractivity contribution in [2.24, 2.45) is 0 Å². The zero-order valence-corrected chi connectivity index (χ0v) is 27.4. The van der Waals surface area contributed by atoms with E-state index in [1.54, 1.807) is 0 Å².